The van der Waals surface area contributed by atoms with Gasteiger partial charge in [-0.05, 0) is 30.3 Å². The first-order valence-electron chi connectivity index (χ1n) is 5.72. The van der Waals surface area contributed by atoms with Crippen LogP contribution in [0.25, 0.3) is 0 Å². The zero-order valence-corrected chi connectivity index (χ0v) is 10.0. The van der Waals surface area contributed by atoms with Crippen LogP contribution < -0.4 is 20.5 Å². The van der Waals surface area contributed by atoms with Gasteiger partial charge in [-0.2, -0.15) is 5.26 Å². The maximum atomic E-state index is 8.79. The van der Waals surface area contributed by atoms with Crippen LogP contribution in [0.1, 0.15) is 5.56 Å². The Hall–Kier alpha value is -2.87. The Kier molecular flexibility index (Phi) is 2.62. The molecular weight excluding hydrogens is 242 g/mol. The van der Waals surface area contributed by atoms with Crippen molar-refractivity contribution in [2.24, 2.45) is 0 Å². The molecule has 0 radical (unpaired) electrons. The molecule has 0 unspecified atom stereocenters. The molecule has 0 saturated heterocycles. The van der Waals surface area contributed by atoms with E-state index in [0.29, 0.717) is 17.0 Å². The van der Waals surface area contributed by atoms with E-state index in [2.05, 4.69) is 5.32 Å². The largest absolute Gasteiger partial charge is 0.454 e. The van der Waals surface area contributed by atoms with E-state index in [4.69, 9.17) is 20.5 Å². The van der Waals surface area contributed by atoms with Gasteiger partial charge in [0.25, 0.3) is 0 Å². The van der Waals surface area contributed by atoms with Crippen LogP contribution in [0.15, 0.2) is 36.4 Å². The molecule has 2 aromatic carbocycles. The Balaban J connectivity index is 1.87. The third-order valence-electron chi connectivity index (χ3n) is 2.83. The smallest absolute Gasteiger partial charge is 0.231 e. The van der Waals surface area contributed by atoms with Gasteiger partial charge in [0.2, 0.25) is 6.79 Å². The van der Waals surface area contributed by atoms with Crippen LogP contribution in [-0.2, 0) is 0 Å². The zero-order valence-electron chi connectivity index (χ0n) is 10.0. The van der Waals surface area contributed by atoms with Crippen molar-refractivity contribution in [3.05, 3.63) is 42.0 Å². The third kappa shape index (κ3) is 2.11. The second-order valence-corrected chi connectivity index (χ2v) is 4.11. The summed E-state index contributed by atoms with van der Waals surface area (Å²) in [6, 6.07) is 12.7. The lowest BCUT2D eigenvalue weighted by atomic mass is 10.2. The zero-order chi connectivity index (χ0) is 13.2. The van der Waals surface area contributed by atoms with Gasteiger partial charge in [0.1, 0.15) is 0 Å². The van der Waals surface area contributed by atoms with Gasteiger partial charge in [0, 0.05) is 11.8 Å². The van der Waals surface area contributed by atoms with Crippen LogP contribution in [-0.4, -0.2) is 6.79 Å². The summed E-state index contributed by atoms with van der Waals surface area (Å²) >= 11 is 0. The average Bonchev–Trinajstić information content (AvgIpc) is 2.88. The maximum absolute atomic E-state index is 8.79. The van der Waals surface area contributed by atoms with E-state index in [1.807, 2.05) is 24.3 Å². The molecule has 94 valence electrons. The minimum atomic E-state index is 0.248. The Morgan fingerprint density at radius 1 is 1.11 bits per heavy atom. The minimum Gasteiger partial charge on any atom is -0.454 e. The van der Waals surface area contributed by atoms with Gasteiger partial charge in [0.15, 0.2) is 11.5 Å². The molecule has 3 rings (SSSR count). The van der Waals surface area contributed by atoms with Crippen molar-refractivity contribution in [3.63, 3.8) is 0 Å². The molecule has 0 aromatic heterocycles. The van der Waals surface area contributed by atoms with Crippen molar-refractivity contribution >= 4 is 17.1 Å². The van der Waals surface area contributed by atoms with Crippen molar-refractivity contribution in [1.82, 2.24) is 0 Å². The Labute approximate surface area is 110 Å². The molecule has 5 heteroatoms. The van der Waals surface area contributed by atoms with Gasteiger partial charge in [-0.25, -0.2) is 0 Å². The van der Waals surface area contributed by atoms with Gasteiger partial charge < -0.3 is 20.5 Å². The molecule has 0 amide bonds. The fourth-order valence-electron chi connectivity index (χ4n) is 1.88. The summed E-state index contributed by atoms with van der Waals surface area (Å²) in [7, 11) is 0. The summed E-state index contributed by atoms with van der Waals surface area (Å²) in [5, 5.41) is 12.0. The maximum Gasteiger partial charge on any atom is 0.231 e. The number of fused-ring (bicyclic) bond motifs is 1. The number of ether oxygens (including phenoxy) is 2. The summed E-state index contributed by atoms with van der Waals surface area (Å²) in [6.45, 7) is 0.248. The second-order valence-electron chi connectivity index (χ2n) is 4.11. The van der Waals surface area contributed by atoms with E-state index in [0.717, 1.165) is 17.1 Å². The normalized spacial score (nSPS) is 11.9. The number of benzene rings is 2. The van der Waals surface area contributed by atoms with Gasteiger partial charge in [-0.3, -0.25) is 0 Å². The fraction of sp³-hybridized carbons (Fsp3) is 0.0714. The molecule has 0 aliphatic carbocycles. The first-order valence-corrected chi connectivity index (χ1v) is 5.72. The third-order valence-corrected chi connectivity index (χ3v) is 2.83. The monoisotopic (exact) mass is 253 g/mol. The van der Waals surface area contributed by atoms with Gasteiger partial charge in [-0.15, -0.1) is 0 Å². The number of nitrogens with two attached hydrogens (primary N) is 1. The highest BCUT2D eigenvalue weighted by Crippen LogP contribution is 2.35. The Bertz CT molecular complexity index is 677. The Morgan fingerprint density at radius 2 is 1.95 bits per heavy atom. The van der Waals surface area contributed by atoms with Crippen molar-refractivity contribution in [3.8, 4) is 17.6 Å². The molecule has 0 spiro atoms. The molecule has 0 bridgehead atoms. The topological polar surface area (TPSA) is 80.3 Å². The number of hydrogen-bond donors (Lipinski definition) is 2. The first kappa shape index (κ1) is 11.2. The van der Waals surface area contributed by atoms with Gasteiger partial charge >= 0.3 is 0 Å². The number of hydrogen-bond acceptors (Lipinski definition) is 5. The van der Waals surface area contributed by atoms with Crippen molar-refractivity contribution < 1.29 is 9.47 Å². The Morgan fingerprint density at radius 3 is 2.74 bits per heavy atom. The highest BCUT2D eigenvalue weighted by Gasteiger charge is 2.13. The predicted molar refractivity (Wildman–Crippen MR) is 71.4 cm³/mol. The summed E-state index contributed by atoms with van der Waals surface area (Å²) in [5.74, 6) is 1.44. The van der Waals surface area contributed by atoms with Crippen molar-refractivity contribution in [2.75, 3.05) is 17.8 Å². The lowest BCUT2D eigenvalue weighted by Crippen LogP contribution is -1.96. The predicted octanol–water partition coefficient (Wildman–Crippen LogP) is 2.61. The van der Waals surface area contributed by atoms with Crippen molar-refractivity contribution in [1.29, 1.82) is 5.26 Å². The molecule has 5 nitrogen and oxygen atoms in total. The number of rotatable bonds is 2. The van der Waals surface area contributed by atoms with E-state index >= 15 is 0 Å². The highest BCUT2D eigenvalue weighted by atomic mass is 16.7. The summed E-state index contributed by atoms with van der Waals surface area (Å²) < 4.78 is 10.6. The van der Waals surface area contributed by atoms with Crippen LogP contribution in [0.3, 0.4) is 0 Å². The number of nitrogen functional groups attached to an aromatic ring is 1. The molecule has 2 aromatic rings. The number of anilines is 3. The second kappa shape index (κ2) is 4.42. The molecule has 0 atom stereocenters. The number of nitriles is 1. The number of nitrogens with one attached hydrogen (secondary N) is 1. The lowest BCUT2D eigenvalue weighted by Gasteiger charge is -2.10. The van der Waals surface area contributed by atoms with Crippen LogP contribution in [0.2, 0.25) is 0 Å². The number of nitrogens with zero attached hydrogens (tertiary/aromatic N) is 1. The SMILES string of the molecule is N#Cc1ccc(Nc2ccc3c(c2)OCO3)c(N)c1. The lowest BCUT2D eigenvalue weighted by molar-refractivity contribution is 0.174. The summed E-state index contributed by atoms with van der Waals surface area (Å²) in [5.41, 5.74) is 8.54. The minimum absolute atomic E-state index is 0.248. The van der Waals surface area contributed by atoms with E-state index in [1.165, 1.54) is 0 Å². The molecule has 19 heavy (non-hydrogen) atoms. The van der Waals surface area contributed by atoms with Gasteiger partial charge in [0.05, 0.1) is 23.0 Å². The molecule has 1 heterocycles. The van der Waals surface area contributed by atoms with E-state index in [-0.39, 0.29) is 6.79 Å². The molecule has 1 aliphatic heterocycles. The highest BCUT2D eigenvalue weighted by molar-refractivity contribution is 5.74. The van der Waals surface area contributed by atoms with E-state index < -0.39 is 0 Å². The van der Waals surface area contributed by atoms with Gasteiger partial charge in [-0.1, -0.05) is 0 Å². The van der Waals surface area contributed by atoms with Crippen LogP contribution in [0.5, 0.6) is 11.5 Å². The summed E-state index contributed by atoms with van der Waals surface area (Å²) in [4.78, 5) is 0. The molecule has 1 aliphatic rings. The summed E-state index contributed by atoms with van der Waals surface area (Å²) in [6.07, 6.45) is 0. The molecular formula is C14H11N3O2. The van der Waals surface area contributed by atoms with E-state index in [1.54, 1.807) is 18.2 Å². The van der Waals surface area contributed by atoms with Crippen LogP contribution in [0, 0.1) is 11.3 Å². The molecule has 0 saturated carbocycles. The average molecular weight is 253 g/mol. The quantitative estimate of drug-likeness (QED) is 0.804. The molecule has 3 N–H and O–H groups in total. The molecule has 0 fully saturated rings. The van der Waals surface area contributed by atoms with Crippen LogP contribution in [0.4, 0.5) is 17.1 Å². The fourth-order valence-corrected chi connectivity index (χ4v) is 1.88. The van der Waals surface area contributed by atoms with Crippen molar-refractivity contribution in [2.45, 2.75) is 0 Å². The first-order chi connectivity index (χ1) is 9.26. The van der Waals surface area contributed by atoms with Crippen LogP contribution >= 0.6 is 0 Å². The standard InChI is InChI=1S/C14H11N3O2/c15-7-9-1-3-12(11(16)5-9)17-10-2-4-13-14(6-10)19-8-18-13/h1-6,17H,8,16H2. The van der Waals surface area contributed by atoms with E-state index in [9.17, 15) is 0 Å².